The molecule has 1 amide bonds. The van der Waals surface area contributed by atoms with Crippen molar-refractivity contribution in [2.45, 2.75) is 32.1 Å². The minimum atomic E-state index is -1.38. The van der Waals surface area contributed by atoms with Crippen LogP contribution in [-0.4, -0.2) is 36.8 Å². The molecule has 0 aliphatic carbocycles. The predicted molar refractivity (Wildman–Crippen MR) is 138 cm³/mol. The highest BCUT2D eigenvalue weighted by atomic mass is 32.2. The van der Waals surface area contributed by atoms with Crippen LogP contribution in [-0.2, 0) is 27.9 Å². The second kappa shape index (κ2) is 12.2. The lowest BCUT2D eigenvalue weighted by atomic mass is 10.2. The molecule has 4 rings (SSSR count). The smallest absolute Gasteiger partial charge is 0.232 e. The zero-order valence-electron chi connectivity index (χ0n) is 19.8. The molecule has 2 heterocycles. The third-order valence-electron chi connectivity index (χ3n) is 5.45. The van der Waals surface area contributed by atoms with Gasteiger partial charge < -0.3 is 14.6 Å². The number of amides is 1. The van der Waals surface area contributed by atoms with Crippen LogP contribution in [0.15, 0.2) is 85.3 Å². The van der Waals surface area contributed by atoms with Crippen LogP contribution >= 0.6 is 0 Å². The largest absolute Gasteiger partial charge is 0.494 e. The first-order valence-electron chi connectivity index (χ1n) is 11.7. The summed E-state index contributed by atoms with van der Waals surface area (Å²) in [7, 11) is -1.38. The Morgan fingerprint density at radius 2 is 1.77 bits per heavy atom. The molecule has 2 aromatic carbocycles. The van der Waals surface area contributed by atoms with Crippen molar-refractivity contribution in [3.63, 3.8) is 0 Å². The maximum Gasteiger partial charge on any atom is 0.232 e. The van der Waals surface area contributed by atoms with Gasteiger partial charge in [-0.3, -0.25) is 9.00 Å². The zero-order valence-corrected chi connectivity index (χ0v) is 20.6. The second-order valence-corrected chi connectivity index (χ2v) is 9.64. The highest BCUT2D eigenvalue weighted by molar-refractivity contribution is 7.84. The quantitative estimate of drug-likeness (QED) is 0.299. The van der Waals surface area contributed by atoms with Crippen LogP contribution in [0.2, 0.25) is 0 Å². The molecule has 7 nitrogen and oxygen atoms in total. The third kappa shape index (κ3) is 6.70. The number of hydrogen-bond acceptors (Lipinski definition) is 4. The minimum Gasteiger partial charge on any atom is -0.494 e. The van der Waals surface area contributed by atoms with Crippen LogP contribution in [0.1, 0.15) is 30.9 Å². The lowest BCUT2D eigenvalue weighted by Gasteiger charge is -2.11. The molecule has 1 atom stereocenters. The van der Waals surface area contributed by atoms with E-state index in [1.165, 1.54) is 0 Å². The summed E-state index contributed by atoms with van der Waals surface area (Å²) in [5, 5.41) is 7.39. The number of nitrogens with one attached hydrogen (secondary N) is 1. The molecule has 0 bridgehead atoms. The molecule has 0 aliphatic rings. The molecule has 0 spiro atoms. The molecule has 0 fully saturated rings. The number of rotatable bonds is 12. The Morgan fingerprint density at radius 1 is 1.03 bits per heavy atom. The highest BCUT2D eigenvalue weighted by Crippen LogP contribution is 2.21. The fraction of sp³-hybridized carbons (Fsp3) is 0.259. The summed E-state index contributed by atoms with van der Waals surface area (Å²) in [6, 6.07) is 21.3. The van der Waals surface area contributed by atoms with Gasteiger partial charge in [-0.25, -0.2) is 4.68 Å². The third-order valence-corrected chi connectivity index (χ3v) is 6.67. The number of nitrogens with zero attached hydrogens (tertiary/aromatic N) is 3. The summed E-state index contributed by atoms with van der Waals surface area (Å²) in [5.74, 6) is 1.56. The van der Waals surface area contributed by atoms with E-state index in [-0.39, 0.29) is 17.4 Å². The van der Waals surface area contributed by atoms with E-state index in [1.807, 2.05) is 88.4 Å². The van der Waals surface area contributed by atoms with Gasteiger partial charge >= 0.3 is 0 Å². The average Bonchev–Trinajstić information content (AvgIpc) is 3.54. The Balaban J connectivity index is 1.35. The summed E-state index contributed by atoms with van der Waals surface area (Å²) in [5.41, 5.74) is 2.69. The average molecular weight is 491 g/mol. The minimum absolute atomic E-state index is 0.0696. The molecule has 8 heteroatoms. The van der Waals surface area contributed by atoms with E-state index >= 15 is 0 Å². The van der Waals surface area contributed by atoms with Crippen molar-refractivity contribution in [1.82, 2.24) is 19.7 Å². The molecule has 1 N–H and O–H groups in total. The van der Waals surface area contributed by atoms with Crippen LogP contribution in [0.4, 0.5) is 0 Å². The van der Waals surface area contributed by atoms with Crippen molar-refractivity contribution in [2.24, 2.45) is 0 Å². The summed E-state index contributed by atoms with van der Waals surface area (Å²) in [6.07, 6.45) is 7.69. The second-order valence-electron chi connectivity index (χ2n) is 8.18. The Labute approximate surface area is 208 Å². The van der Waals surface area contributed by atoms with E-state index in [2.05, 4.69) is 17.3 Å². The van der Waals surface area contributed by atoms with E-state index in [4.69, 9.17) is 4.74 Å². The molecule has 0 saturated heterocycles. The molecular formula is C27H30N4O3S. The summed E-state index contributed by atoms with van der Waals surface area (Å²) in [6.45, 7) is 3.21. The van der Waals surface area contributed by atoms with Gasteiger partial charge in [-0.2, -0.15) is 5.10 Å². The van der Waals surface area contributed by atoms with Crippen molar-refractivity contribution >= 4 is 16.7 Å². The molecule has 182 valence electrons. The van der Waals surface area contributed by atoms with E-state index in [0.717, 1.165) is 41.2 Å². The predicted octanol–water partition coefficient (Wildman–Crippen LogP) is 4.41. The molecule has 0 aliphatic heterocycles. The topological polar surface area (TPSA) is 78.2 Å². The highest BCUT2D eigenvalue weighted by Gasteiger charge is 2.17. The standard InChI is InChI=1S/C27H30N4O3S/c1-2-3-17-34-25-13-11-22(12-14-25)18-28-26(32)21-35(33)20-23-19-29-31(24-9-5-4-6-10-24)27(23)30-15-7-8-16-30/h4-16,19H,2-3,17-18,20-21H2,1H3,(H,28,32)/t35-/m1/s1. The molecule has 0 saturated carbocycles. The van der Waals surface area contributed by atoms with Crippen LogP contribution in [0.3, 0.4) is 0 Å². The number of unbranched alkanes of at least 4 members (excludes halogenated alkanes) is 1. The molecule has 0 unspecified atom stereocenters. The SMILES string of the molecule is CCCCOc1ccc(CNC(=O)C[S@](=O)Cc2cnn(-c3ccccc3)c2-n2cccc2)cc1. The maximum absolute atomic E-state index is 12.9. The van der Waals surface area contributed by atoms with E-state index in [9.17, 15) is 9.00 Å². The maximum atomic E-state index is 12.9. The van der Waals surface area contributed by atoms with Crippen molar-refractivity contribution < 1.29 is 13.7 Å². The molecule has 4 aromatic rings. The van der Waals surface area contributed by atoms with Crippen molar-refractivity contribution in [3.8, 4) is 17.3 Å². The van der Waals surface area contributed by atoms with Crippen molar-refractivity contribution in [3.05, 3.63) is 96.4 Å². The normalized spacial score (nSPS) is 11.8. The van der Waals surface area contributed by atoms with E-state index in [0.29, 0.717) is 13.2 Å². The number of carbonyl (C=O) groups excluding carboxylic acids is 1. The molecule has 0 radical (unpaired) electrons. The van der Waals surface area contributed by atoms with Gasteiger partial charge in [0.2, 0.25) is 5.91 Å². The number of benzene rings is 2. The first kappa shape index (κ1) is 24.5. The first-order chi connectivity index (χ1) is 17.1. The zero-order chi connectivity index (χ0) is 24.5. The summed E-state index contributed by atoms with van der Waals surface area (Å²) >= 11 is 0. The van der Waals surface area contributed by atoms with E-state index in [1.54, 1.807) is 6.20 Å². The number of aromatic nitrogens is 3. The van der Waals surface area contributed by atoms with Gasteiger partial charge in [0.15, 0.2) is 0 Å². The Kier molecular flexibility index (Phi) is 8.51. The Morgan fingerprint density at radius 3 is 2.49 bits per heavy atom. The fourth-order valence-electron chi connectivity index (χ4n) is 3.65. The van der Waals surface area contributed by atoms with Gasteiger partial charge in [-0.15, -0.1) is 0 Å². The number of ether oxygens (including phenoxy) is 1. The molecular weight excluding hydrogens is 460 g/mol. The van der Waals surface area contributed by atoms with Crippen LogP contribution < -0.4 is 10.1 Å². The van der Waals surface area contributed by atoms with Crippen molar-refractivity contribution in [2.75, 3.05) is 12.4 Å². The fourth-order valence-corrected chi connectivity index (χ4v) is 4.69. The van der Waals surface area contributed by atoms with Crippen molar-refractivity contribution in [1.29, 1.82) is 0 Å². The molecule has 2 aromatic heterocycles. The monoisotopic (exact) mass is 490 g/mol. The summed E-state index contributed by atoms with van der Waals surface area (Å²) < 4.78 is 22.3. The number of para-hydroxylation sites is 1. The van der Waals surface area contributed by atoms with Gasteiger partial charge in [-0.05, 0) is 48.4 Å². The Hall–Kier alpha value is -3.65. The van der Waals surface area contributed by atoms with Gasteiger partial charge in [0.05, 0.1) is 24.2 Å². The summed E-state index contributed by atoms with van der Waals surface area (Å²) in [4.78, 5) is 12.4. The number of hydrogen-bond donors (Lipinski definition) is 1. The van der Waals surface area contributed by atoms with Gasteiger partial charge in [-0.1, -0.05) is 43.7 Å². The van der Waals surface area contributed by atoms with Crippen LogP contribution in [0.5, 0.6) is 5.75 Å². The van der Waals surface area contributed by atoms with Gasteiger partial charge in [0, 0.05) is 35.3 Å². The Bertz CT molecular complexity index is 1240. The lowest BCUT2D eigenvalue weighted by molar-refractivity contribution is -0.118. The van der Waals surface area contributed by atoms with Gasteiger partial charge in [0.1, 0.15) is 17.3 Å². The van der Waals surface area contributed by atoms with Gasteiger partial charge in [0.25, 0.3) is 0 Å². The molecule has 35 heavy (non-hydrogen) atoms. The number of carbonyl (C=O) groups is 1. The van der Waals surface area contributed by atoms with Crippen LogP contribution in [0, 0.1) is 0 Å². The lowest BCUT2D eigenvalue weighted by Crippen LogP contribution is -2.28. The first-order valence-corrected chi connectivity index (χ1v) is 13.2. The van der Waals surface area contributed by atoms with Crippen LogP contribution in [0.25, 0.3) is 11.5 Å². The van der Waals surface area contributed by atoms with E-state index < -0.39 is 10.8 Å².